The van der Waals surface area contributed by atoms with Crippen molar-refractivity contribution < 1.29 is 9.53 Å². The number of aromatic nitrogens is 3. The maximum atomic E-state index is 11.1. The summed E-state index contributed by atoms with van der Waals surface area (Å²) < 4.78 is 7.47. The molecule has 1 fully saturated rings. The van der Waals surface area contributed by atoms with Crippen LogP contribution >= 0.6 is 11.3 Å². The largest absolute Gasteiger partial charge is 0.381 e. The predicted molar refractivity (Wildman–Crippen MR) is 87.8 cm³/mol. The van der Waals surface area contributed by atoms with Crippen LogP contribution in [0.2, 0.25) is 0 Å². The first kappa shape index (κ1) is 14.3. The third-order valence-electron chi connectivity index (χ3n) is 4.05. The second kappa shape index (κ2) is 5.75. The molecule has 0 bridgehead atoms. The Morgan fingerprint density at radius 2 is 2.43 bits per heavy atom. The molecule has 1 aliphatic heterocycles. The molecule has 1 amide bonds. The molecule has 23 heavy (non-hydrogen) atoms. The number of carbonyl (C=O) groups excluding carboxylic acids is 1. The Hall–Kier alpha value is -2.25. The van der Waals surface area contributed by atoms with Gasteiger partial charge in [-0.05, 0) is 18.6 Å². The number of amides is 1. The fraction of sp³-hybridized carbons (Fsp3) is 0.312. The van der Waals surface area contributed by atoms with Crippen LogP contribution in [0.4, 0.5) is 0 Å². The lowest BCUT2D eigenvalue weighted by Gasteiger charge is -2.04. The third-order valence-corrected chi connectivity index (χ3v) is 4.91. The molecule has 2 N–H and O–H groups in total. The standard InChI is InChI=1S/C16H16N4O2S/c17-15(21)6-12-5-14-10(7-18-12)1-3-20(14)16-19-13(9-23-16)11-2-4-22-8-11/h1,3,5,7,9,11H,2,4,6,8H2,(H2,17,21). The molecule has 118 valence electrons. The van der Waals surface area contributed by atoms with Gasteiger partial charge in [0.05, 0.1) is 29.9 Å². The molecule has 4 rings (SSSR count). The zero-order valence-electron chi connectivity index (χ0n) is 12.4. The molecule has 6 nitrogen and oxygen atoms in total. The summed E-state index contributed by atoms with van der Waals surface area (Å²) in [6.07, 6.45) is 4.92. The number of thiazole rings is 1. The number of nitrogens with zero attached hydrogens (tertiary/aromatic N) is 3. The smallest absolute Gasteiger partial charge is 0.223 e. The minimum atomic E-state index is -0.382. The molecular weight excluding hydrogens is 312 g/mol. The first-order valence-electron chi connectivity index (χ1n) is 7.48. The van der Waals surface area contributed by atoms with Crippen LogP contribution in [0.5, 0.6) is 0 Å². The molecular formula is C16H16N4O2S. The molecule has 1 aliphatic rings. The first-order chi connectivity index (χ1) is 11.2. The lowest BCUT2D eigenvalue weighted by Crippen LogP contribution is -2.14. The van der Waals surface area contributed by atoms with E-state index in [0.717, 1.165) is 41.4 Å². The van der Waals surface area contributed by atoms with E-state index in [4.69, 9.17) is 15.5 Å². The second-order valence-corrected chi connectivity index (χ2v) is 6.52. The molecule has 0 radical (unpaired) electrons. The van der Waals surface area contributed by atoms with E-state index in [1.54, 1.807) is 17.5 Å². The van der Waals surface area contributed by atoms with Crippen LogP contribution in [0.1, 0.15) is 23.7 Å². The molecule has 1 saturated heterocycles. The monoisotopic (exact) mass is 328 g/mol. The van der Waals surface area contributed by atoms with Gasteiger partial charge in [-0.15, -0.1) is 11.3 Å². The summed E-state index contributed by atoms with van der Waals surface area (Å²) in [4.78, 5) is 20.1. The van der Waals surface area contributed by atoms with Crippen LogP contribution in [-0.2, 0) is 16.0 Å². The first-order valence-corrected chi connectivity index (χ1v) is 8.36. The zero-order chi connectivity index (χ0) is 15.8. The molecule has 7 heteroatoms. The highest BCUT2D eigenvalue weighted by Crippen LogP contribution is 2.29. The van der Waals surface area contributed by atoms with Gasteiger partial charge in [-0.2, -0.15) is 0 Å². The van der Waals surface area contributed by atoms with Crippen LogP contribution in [0, 0.1) is 0 Å². The van der Waals surface area contributed by atoms with Gasteiger partial charge in [0, 0.05) is 35.7 Å². The highest BCUT2D eigenvalue weighted by atomic mass is 32.1. The average Bonchev–Trinajstić information content (AvgIpc) is 3.25. The number of primary amides is 1. The molecule has 3 aromatic heterocycles. The fourth-order valence-electron chi connectivity index (χ4n) is 2.85. The maximum Gasteiger partial charge on any atom is 0.223 e. The summed E-state index contributed by atoms with van der Waals surface area (Å²) in [5.74, 6) is 0.0154. The van der Waals surface area contributed by atoms with Gasteiger partial charge in [-0.3, -0.25) is 14.3 Å². The van der Waals surface area contributed by atoms with E-state index in [1.165, 1.54) is 0 Å². The van der Waals surface area contributed by atoms with Gasteiger partial charge >= 0.3 is 0 Å². The van der Waals surface area contributed by atoms with E-state index >= 15 is 0 Å². The van der Waals surface area contributed by atoms with Crippen molar-refractivity contribution >= 4 is 28.1 Å². The number of ether oxygens (including phenoxy) is 1. The summed E-state index contributed by atoms with van der Waals surface area (Å²) in [5.41, 5.74) is 8.01. The topological polar surface area (TPSA) is 83.0 Å². The number of rotatable bonds is 4. The molecule has 0 aliphatic carbocycles. The molecule has 1 unspecified atom stereocenters. The maximum absolute atomic E-state index is 11.1. The molecule has 4 heterocycles. The van der Waals surface area contributed by atoms with E-state index in [1.807, 2.05) is 22.9 Å². The van der Waals surface area contributed by atoms with Crippen LogP contribution in [0.15, 0.2) is 29.9 Å². The van der Waals surface area contributed by atoms with Gasteiger partial charge in [0.25, 0.3) is 0 Å². The minimum absolute atomic E-state index is 0.143. The number of pyridine rings is 1. The van der Waals surface area contributed by atoms with E-state index in [9.17, 15) is 4.79 Å². The molecule has 0 spiro atoms. The van der Waals surface area contributed by atoms with Crippen molar-refractivity contribution in [1.82, 2.24) is 14.5 Å². The van der Waals surface area contributed by atoms with Gasteiger partial charge < -0.3 is 10.5 Å². The highest BCUT2D eigenvalue weighted by Gasteiger charge is 2.21. The molecule has 0 aromatic carbocycles. The summed E-state index contributed by atoms with van der Waals surface area (Å²) in [6.45, 7) is 1.56. The van der Waals surface area contributed by atoms with E-state index in [0.29, 0.717) is 11.6 Å². The van der Waals surface area contributed by atoms with Gasteiger partial charge in [-0.1, -0.05) is 0 Å². The lowest BCUT2D eigenvalue weighted by molar-refractivity contribution is -0.117. The predicted octanol–water partition coefficient (Wildman–Crippen LogP) is 2.01. The van der Waals surface area contributed by atoms with Crippen molar-refractivity contribution in [2.75, 3.05) is 13.2 Å². The quantitative estimate of drug-likeness (QED) is 0.794. The van der Waals surface area contributed by atoms with Crippen molar-refractivity contribution in [2.24, 2.45) is 5.73 Å². The molecule has 0 saturated carbocycles. The van der Waals surface area contributed by atoms with Gasteiger partial charge in [0.1, 0.15) is 0 Å². The van der Waals surface area contributed by atoms with E-state index in [-0.39, 0.29) is 12.3 Å². The normalized spacial score (nSPS) is 17.8. The summed E-state index contributed by atoms with van der Waals surface area (Å²) in [7, 11) is 0. The zero-order valence-corrected chi connectivity index (χ0v) is 13.3. The fourth-order valence-corrected chi connectivity index (χ4v) is 3.76. The Morgan fingerprint density at radius 1 is 1.52 bits per heavy atom. The second-order valence-electron chi connectivity index (χ2n) is 5.68. The van der Waals surface area contributed by atoms with Gasteiger partial charge in [0.2, 0.25) is 5.91 Å². The lowest BCUT2D eigenvalue weighted by atomic mass is 10.1. The molecule has 3 aromatic rings. The highest BCUT2D eigenvalue weighted by molar-refractivity contribution is 7.12. The van der Waals surface area contributed by atoms with Crippen molar-refractivity contribution in [2.45, 2.75) is 18.8 Å². The SMILES string of the molecule is NC(=O)Cc1cc2c(ccn2-c2nc(C3CCOC3)cs2)cn1. The van der Waals surface area contributed by atoms with Crippen LogP contribution in [0.3, 0.4) is 0 Å². The Morgan fingerprint density at radius 3 is 3.22 bits per heavy atom. The van der Waals surface area contributed by atoms with Crippen molar-refractivity contribution in [1.29, 1.82) is 0 Å². The van der Waals surface area contributed by atoms with Gasteiger partial charge in [-0.25, -0.2) is 4.98 Å². The number of hydrogen-bond acceptors (Lipinski definition) is 5. The van der Waals surface area contributed by atoms with Crippen molar-refractivity contribution in [3.05, 3.63) is 41.3 Å². The number of fused-ring (bicyclic) bond motifs is 1. The van der Waals surface area contributed by atoms with Gasteiger partial charge in [0.15, 0.2) is 5.13 Å². The Kier molecular flexibility index (Phi) is 3.59. The van der Waals surface area contributed by atoms with E-state index in [2.05, 4.69) is 10.4 Å². The average molecular weight is 328 g/mol. The minimum Gasteiger partial charge on any atom is -0.381 e. The van der Waals surface area contributed by atoms with Crippen LogP contribution in [-0.4, -0.2) is 33.7 Å². The summed E-state index contributed by atoms with van der Waals surface area (Å²) in [6, 6.07) is 3.90. The molecule has 1 atom stereocenters. The van der Waals surface area contributed by atoms with Crippen molar-refractivity contribution in [3.63, 3.8) is 0 Å². The Balaban J connectivity index is 1.71. The van der Waals surface area contributed by atoms with E-state index < -0.39 is 0 Å². The Bertz CT molecular complexity index is 864. The summed E-state index contributed by atoms with van der Waals surface area (Å²) in [5, 5.41) is 4.03. The number of nitrogens with two attached hydrogens (primary N) is 1. The van der Waals surface area contributed by atoms with Crippen LogP contribution in [0.25, 0.3) is 16.0 Å². The van der Waals surface area contributed by atoms with Crippen molar-refractivity contribution in [3.8, 4) is 5.13 Å². The number of carbonyl (C=O) groups is 1. The summed E-state index contributed by atoms with van der Waals surface area (Å²) >= 11 is 1.61. The number of hydrogen-bond donors (Lipinski definition) is 1. The third kappa shape index (κ3) is 2.73. The van der Waals surface area contributed by atoms with Crippen LogP contribution < -0.4 is 5.73 Å². The Labute approximate surface area is 136 Å².